The van der Waals surface area contributed by atoms with Gasteiger partial charge in [-0.3, -0.25) is 9.78 Å². The van der Waals surface area contributed by atoms with Crippen LogP contribution in [0.25, 0.3) is 11.1 Å². The van der Waals surface area contributed by atoms with Gasteiger partial charge < -0.3 is 14.7 Å². The fraction of sp³-hybridized carbons (Fsp3) is 0.250. The summed E-state index contributed by atoms with van der Waals surface area (Å²) in [5.74, 6) is 0.556. The van der Waals surface area contributed by atoms with E-state index >= 15 is 0 Å². The Balaban J connectivity index is 2.05. The molecule has 0 radical (unpaired) electrons. The number of pyridine rings is 1. The molecule has 1 aromatic heterocycles. The van der Waals surface area contributed by atoms with Crippen molar-refractivity contribution >= 4 is 5.91 Å². The first-order valence-electron chi connectivity index (χ1n) is 6.80. The number of ether oxygens (including phenoxy) is 1. The maximum atomic E-state index is 11.6. The van der Waals surface area contributed by atoms with Crippen LogP contribution in [0.3, 0.4) is 0 Å². The average molecular weight is 284 g/mol. The van der Waals surface area contributed by atoms with Gasteiger partial charge in [0, 0.05) is 37.0 Å². The first kappa shape index (κ1) is 13.4. The Labute approximate surface area is 122 Å². The lowest BCUT2D eigenvalue weighted by Gasteiger charge is -2.17. The average Bonchev–Trinajstić information content (AvgIpc) is 2.71. The minimum absolute atomic E-state index is 0.00211. The number of phenolic OH excluding ortho intramolecular Hbond substituents is 1. The number of aromatic hydroxyl groups is 1. The van der Waals surface area contributed by atoms with Crippen molar-refractivity contribution in [3.05, 3.63) is 42.2 Å². The molecule has 1 aliphatic rings. The van der Waals surface area contributed by atoms with Gasteiger partial charge >= 0.3 is 0 Å². The van der Waals surface area contributed by atoms with Crippen LogP contribution in [0.2, 0.25) is 0 Å². The molecule has 1 aliphatic heterocycles. The number of nitrogens with zero attached hydrogens (tertiary/aromatic N) is 2. The van der Waals surface area contributed by atoms with Crippen LogP contribution in [-0.2, 0) is 11.3 Å². The molecule has 3 rings (SSSR count). The predicted octanol–water partition coefficient (Wildman–Crippen LogP) is 2.20. The summed E-state index contributed by atoms with van der Waals surface area (Å²) in [6, 6.07) is 7.37. The van der Waals surface area contributed by atoms with Gasteiger partial charge in [0.25, 0.3) is 0 Å². The summed E-state index contributed by atoms with van der Waals surface area (Å²) in [6.45, 7) is 2.88. The Kier molecular flexibility index (Phi) is 3.48. The van der Waals surface area contributed by atoms with Crippen LogP contribution in [0, 0.1) is 0 Å². The lowest BCUT2D eigenvalue weighted by Crippen LogP contribution is -2.30. The Morgan fingerprint density at radius 3 is 2.95 bits per heavy atom. The first-order chi connectivity index (χ1) is 10.1. The van der Waals surface area contributed by atoms with E-state index in [1.165, 1.54) is 6.92 Å². The topological polar surface area (TPSA) is 62.7 Å². The van der Waals surface area contributed by atoms with Crippen LogP contribution in [-0.4, -0.2) is 34.0 Å². The number of carbonyl (C=O) groups excluding carboxylic acids is 1. The van der Waals surface area contributed by atoms with E-state index in [1.807, 2.05) is 18.2 Å². The van der Waals surface area contributed by atoms with E-state index < -0.39 is 0 Å². The quantitative estimate of drug-likeness (QED) is 0.872. The number of amides is 1. The summed E-state index contributed by atoms with van der Waals surface area (Å²) < 4.78 is 5.59. The highest BCUT2D eigenvalue weighted by Gasteiger charge is 2.21. The number of aromatic nitrogens is 1. The fourth-order valence-electron chi connectivity index (χ4n) is 2.47. The van der Waals surface area contributed by atoms with E-state index in [0.717, 1.165) is 16.7 Å². The molecule has 0 saturated carbocycles. The first-order valence-corrected chi connectivity index (χ1v) is 6.80. The van der Waals surface area contributed by atoms with E-state index in [9.17, 15) is 9.90 Å². The van der Waals surface area contributed by atoms with Crippen LogP contribution in [0.5, 0.6) is 11.5 Å². The Morgan fingerprint density at radius 1 is 1.38 bits per heavy atom. The third kappa shape index (κ3) is 2.67. The highest BCUT2D eigenvalue weighted by Crippen LogP contribution is 2.37. The largest absolute Gasteiger partial charge is 0.504 e. The van der Waals surface area contributed by atoms with E-state index in [0.29, 0.717) is 25.4 Å². The molecule has 0 aliphatic carbocycles. The maximum Gasteiger partial charge on any atom is 0.219 e. The van der Waals surface area contributed by atoms with Gasteiger partial charge in [0.1, 0.15) is 6.61 Å². The Morgan fingerprint density at radius 2 is 2.24 bits per heavy atom. The van der Waals surface area contributed by atoms with Crippen LogP contribution in [0.15, 0.2) is 36.7 Å². The number of hydrogen-bond acceptors (Lipinski definition) is 4. The van der Waals surface area contributed by atoms with Gasteiger partial charge in [0.2, 0.25) is 5.91 Å². The van der Waals surface area contributed by atoms with Gasteiger partial charge in [-0.1, -0.05) is 6.07 Å². The molecule has 21 heavy (non-hydrogen) atoms. The summed E-state index contributed by atoms with van der Waals surface area (Å²) in [6.07, 6.45) is 3.44. The van der Waals surface area contributed by atoms with Crippen LogP contribution in [0.4, 0.5) is 0 Å². The van der Waals surface area contributed by atoms with Crippen molar-refractivity contribution in [2.24, 2.45) is 0 Å². The van der Waals surface area contributed by atoms with Gasteiger partial charge in [0.15, 0.2) is 11.5 Å². The van der Waals surface area contributed by atoms with Crippen molar-refractivity contribution in [3.8, 4) is 22.6 Å². The van der Waals surface area contributed by atoms with Crippen molar-refractivity contribution in [1.29, 1.82) is 0 Å². The van der Waals surface area contributed by atoms with E-state index in [-0.39, 0.29) is 11.7 Å². The molecule has 2 heterocycles. The van der Waals surface area contributed by atoms with Crippen molar-refractivity contribution < 1.29 is 14.6 Å². The molecule has 1 amide bonds. The van der Waals surface area contributed by atoms with Crippen LogP contribution in [0.1, 0.15) is 12.5 Å². The highest BCUT2D eigenvalue weighted by molar-refractivity contribution is 5.74. The van der Waals surface area contributed by atoms with Gasteiger partial charge in [-0.15, -0.1) is 0 Å². The molecular weight excluding hydrogens is 268 g/mol. The molecule has 1 aromatic carbocycles. The smallest absolute Gasteiger partial charge is 0.219 e. The lowest BCUT2D eigenvalue weighted by atomic mass is 10.0. The molecule has 2 aromatic rings. The molecular formula is C16H16N2O3. The zero-order valence-electron chi connectivity index (χ0n) is 11.7. The number of hydrogen-bond donors (Lipinski definition) is 1. The summed E-state index contributed by atoms with van der Waals surface area (Å²) in [5.41, 5.74) is 2.57. The molecule has 0 saturated heterocycles. The molecule has 5 nitrogen and oxygen atoms in total. The second kappa shape index (κ2) is 5.44. The number of carbonyl (C=O) groups is 1. The molecule has 0 unspecified atom stereocenters. The number of fused-ring (bicyclic) bond motifs is 1. The molecule has 1 N–H and O–H groups in total. The third-order valence-electron chi connectivity index (χ3n) is 3.56. The SMILES string of the molecule is CC(=O)N1CCOc2c(O)cc(-c3cccnc3)cc2C1. The molecule has 0 spiro atoms. The molecule has 5 heteroatoms. The highest BCUT2D eigenvalue weighted by atomic mass is 16.5. The molecule has 0 bridgehead atoms. The Bertz CT molecular complexity index is 671. The summed E-state index contributed by atoms with van der Waals surface area (Å²) in [7, 11) is 0. The number of rotatable bonds is 1. The lowest BCUT2D eigenvalue weighted by molar-refractivity contribution is -0.129. The zero-order valence-corrected chi connectivity index (χ0v) is 11.7. The van der Waals surface area contributed by atoms with E-state index in [2.05, 4.69) is 4.98 Å². The minimum atomic E-state index is -0.00211. The van der Waals surface area contributed by atoms with Gasteiger partial charge in [0.05, 0.1) is 6.54 Å². The van der Waals surface area contributed by atoms with E-state index in [1.54, 1.807) is 23.4 Å². The maximum absolute atomic E-state index is 11.6. The molecule has 0 fully saturated rings. The number of phenols is 1. The molecule has 0 atom stereocenters. The minimum Gasteiger partial charge on any atom is -0.504 e. The van der Waals surface area contributed by atoms with Crippen molar-refractivity contribution in [2.45, 2.75) is 13.5 Å². The monoisotopic (exact) mass is 284 g/mol. The third-order valence-corrected chi connectivity index (χ3v) is 3.56. The standard InChI is InChI=1S/C16H16N2O3/c1-11(19)18-5-6-21-16-14(10-18)7-13(8-15(16)20)12-3-2-4-17-9-12/h2-4,7-9,20H,5-6,10H2,1H3. The van der Waals surface area contributed by atoms with Crippen LogP contribution < -0.4 is 4.74 Å². The Hall–Kier alpha value is -2.56. The zero-order chi connectivity index (χ0) is 14.8. The predicted molar refractivity (Wildman–Crippen MR) is 77.9 cm³/mol. The van der Waals surface area contributed by atoms with Gasteiger partial charge in [-0.2, -0.15) is 0 Å². The normalized spacial score (nSPS) is 14.0. The number of benzene rings is 1. The second-order valence-electron chi connectivity index (χ2n) is 5.01. The van der Waals surface area contributed by atoms with Crippen molar-refractivity contribution in [3.63, 3.8) is 0 Å². The summed E-state index contributed by atoms with van der Waals surface area (Å²) >= 11 is 0. The van der Waals surface area contributed by atoms with Gasteiger partial charge in [-0.25, -0.2) is 0 Å². The van der Waals surface area contributed by atoms with Crippen molar-refractivity contribution in [2.75, 3.05) is 13.2 Å². The van der Waals surface area contributed by atoms with E-state index in [4.69, 9.17) is 4.74 Å². The van der Waals surface area contributed by atoms with Crippen molar-refractivity contribution in [1.82, 2.24) is 9.88 Å². The summed E-state index contributed by atoms with van der Waals surface area (Å²) in [5, 5.41) is 10.2. The van der Waals surface area contributed by atoms with Crippen LogP contribution >= 0.6 is 0 Å². The summed E-state index contributed by atoms with van der Waals surface area (Å²) in [4.78, 5) is 17.4. The fourth-order valence-corrected chi connectivity index (χ4v) is 2.47. The molecule has 108 valence electrons. The second-order valence-corrected chi connectivity index (χ2v) is 5.01. The van der Waals surface area contributed by atoms with Gasteiger partial charge in [-0.05, 0) is 23.8 Å².